The lowest BCUT2D eigenvalue weighted by Gasteiger charge is -2.26. The SMILES string of the molecule is Cc1cccc(C(=O)N(Cc2cc(NC(=O)CC(C)C)ccc2N(C)C)CC2CC2)c1. The quantitative estimate of drug-likeness (QED) is 0.613. The maximum atomic E-state index is 13.4. The van der Waals surface area contributed by atoms with Crippen molar-refractivity contribution in [2.45, 2.75) is 46.6 Å². The van der Waals surface area contributed by atoms with Crippen molar-refractivity contribution in [3.05, 3.63) is 59.2 Å². The molecule has 0 saturated heterocycles. The maximum Gasteiger partial charge on any atom is 0.254 e. The van der Waals surface area contributed by atoms with E-state index in [1.54, 1.807) is 0 Å². The van der Waals surface area contributed by atoms with Crippen LogP contribution in [0.25, 0.3) is 0 Å². The number of nitrogens with one attached hydrogen (secondary N) is 1. The van der Waals surface area contributed by atoms with Gasteiger partial charge in [-0.3, -0.25) is 9.59 Å². The Morgan fingerprint density at radius 2 is 1.84 bits per heavy atom. The van der Waals surface area contributed by atoms with E-state index >= 15 is 0 Å². The van der Waals surface area contributed by atoms with E-state index in [0.29, 0.717) is 24.8 Å². The van der Waals surface area contributed by atoms with Crippen LogP contribution in [0.3, 0.4) is 0 Å². The van der Waals surface area contributed by atoms with Gasteiger partial charge in [0.25, 0.3) is 5.91 Å². The average Bonchev–Trinajstić information content (AvgIpc) is 3.50. The predicted molar refractivity (Wildman–Crippen MR) is 127 cm³/mol. The highest BCUT2D eigenvalue weighted by molar-refractivity contribution is 5.94. The fourth-order valence-electron chi connectivity index (χ4n) is 3.81. The summed E-state index contributed by atoms with van der Waals surface area (Å²) in [7, 11) is 4.01. The van der Waals surface area contributed by atoms with E-state index in [4.69, 9.17) is 0 Å². The molecule has 5 nitrogen and oxygen atoms in total. The number of aryl methyl sites for hydroxylation is 1. The Balaban J connectivity index is 1.87. The predicted octanol–water partition coefficient (Wildman–Crippen LogP) is 5.10. The van der Waals surface area contributed by atoms with Crippen LogP contribution in [0.1, 0.15) is 54.6 Å². The fourth-order valence-corrected chi connectivity index (χ4v) is 3.81. The number of anilines is 2. The van der Waals surface area contributed by atoms with E-state index in [2.05, 4.69) is 10.2 Å². The van der Waals surface area contributed by atoms with Gasteiger partial charge in [-0.25, -0.2) is 0 Å². The van der Waals surface area contributed by atoms with Gasteiger partial charge >= 0.3 is 0 Å². The lowest BCUT2D eigenvalue weighted by atomic mass is 10.1. The van der Waals surface area contributed by atoms with Crippen LogP contribution in [-0.2, 0) is 11.3 Å². The first-order valence-corrected chi connectivity index (χ1v) is 11.2. The molecule has 0 spiro atoms. The van der Waals surface area contributed by atoms with Crippen LogP contribution < -0.4 is 10.2 Å². The van der Waals surface area contributed by atoms with Gasteiger partial charge in [0.15, 0.2) is 0 Å². The minimum Gasteiger partial charge on any atom is -0.377 e. The van der Waals surface area contributed by atoms with Gasteiger partial charge in [0.1, 0.15) is 0 Å². The number of benzene rings is 2. The van der Waals surface area contributed by atoms with Gasteiger partial charge in [0.2, 0.25) is 5.91 Å². The standard InChI is InChI=1S/C26H35N3O2/c1-18(2)13-25(30)27-23-11-12-24(28(4)5)22(15-23)17-29(16-20-9-10-20)26(31)21-8-6-7-19(3)14-21/h6-8,11-12,14-15,18,20H,9-10,13,16-17H2,1-5H3,(H,27,30). The third-order valence-corrected chi connectivity index (χ3v) is 5.53. The molecule has 0 aromatic heterocycles. The Morgan fingerprint density at radius 3 is 2.45 bits per heavy atom. The third kappa shape index (κ3) is 6.58. The summed E-state index contributed by atoms with van der Waals surface area (Å²) in [4.78, 5) is 29.7. The fraction of sp³-hybridized carbons (Fsp3) is 0.462. The van der Waals surface area contributed by atoms with E-state index in [1.807, 2.05) is 82.2 Å². The molecule has 1 aliphatic rings. The summed E-state index contributed by atoms with van der Waals surface area (Å²) in [6, 6.07) is 13.8. The van der Waals surface area contributed by atoms with Crippen molar-refractivity contribution in [2.24, 2.45) is 11.8 Å². The molecule has 3 rings (SSSR count). The Bertz CT molecular complexity index is 932. The zero-order valence-corrected chi connectivity index (χ0v) is 19.4. The summed E-state index contributed by atoms with van der Waals surface area (Å²) in [6.07, 6.45) is 2.86. The first-order valence-electron chi connectivity index (χ1n) is 11.2. The summed E-state index contributed by atoms with van der Waals surface area (Å²) >= 11 is 0. The monoisotopic (exact) mass is 421 g/mol. The second-order valence-corrected chi connectivity index (χ2v) is 9.38. The number of carbonyl (C=O) groups is 2. The van der Waals surface area contributed by atoms with E-state index in [9.17, 15) is 9.59 Å². The first-order chi connectivity index (χ1) is 14.7. The normalized spacial score (nSPS) is 13.2. The third-order valence-electron chi connectivity index (χ3n) is 5.53. The summed E-state index contributed by atoms with van der Waals surface area (Å²) in [5.74, 6) is 0.978. The van der Waals surface area contributed by atoms with E-state index < -0.39 is 0 Å². The highest BCUT2D eigenvalue weighted by Crippen LogP contribution is 2.32. The number of hydrogen-bond acceptors (Lipinski definition) is 3. The molecule has 0 heterocycles. The van der Waals surface area contributed by atoms with Crippen molar-refractivity contribution in [1.82, 2.24) is 4.90 Å². The van der Waals surface area contributed by atoms with Crippen molar-refractivity contribution >= 4 is 23.2 Å². The molecule has 0 atom stereocenters. The number of rotatable bonds is 9. The zero-order chi connectivity index (χ0) is 22.5. The van der Waals surface area contributed by atoms with Gasteiger partial charge < -0.3 is 15.1 Å². The van der Waals surface area contributed by atoms with Gasteiger partial charge in [-0.2, -0.15) is 0 Å². The van der Waals surface area contributed by atoms with Crippen LogP contribution in [0.15, 0.2) is 42.5 Å². The largest absolute Gasteiger partial charge is 0.377 e. The van der Waals surface area contributed by atoms with Gasteiger partial charge in [0.05, 0.1) is 0 Å². The Hall–Kier alpha value is -2.82. The second kappa shape index (κ2) is 9.99. The number of carbonyl (C=O) groups excluding carboxylic acids is 2. The second-order valence-electron chi connectivity index (χ2n) is 9.38. The van der Waals surface area contributed by atoms with Gasteiger partial charge in [-0.1, -0.05) is 31.5 Å². The molecule has 2 aromatic rings. The molecule has 0 radical (unpaired) electrons. The lowest BCUT2D eigenvalue weighted by molar-refractivity contribution is -0.116. The van der Waals surface area contributed by atoms with Crippen molar-refractivity contribution in [3.8, 4) is 0 Å². The molecule has 1 fully saturated rings. The molecule has 31 heavy (non-hydrogen) atoms. The van der Waals surface area contributed by atoms with Crippen LogP contribution in [-0.4, -0.2) is 37.4 Å². The molecular weight excluding hydrogens is 386 g/mol. The van der Waals surface area contributed by atoms with Crippen molar-refractivity contribution in [1.29, 1.82) is 0 Å². The molecule has 1 aliphatic carbocycles. The lowest BCUT2D eigenvalue weighted by Crippen LogP contribution is -2.33. The van der Waals surface area contributed by atoms with Crippen molar-refractivity contribution < 1.29 is 9.59 Å². The summed E-state index contributed by atoms with van der Waals surface area (Å²) in [5, 5.41) is 3.01. The first kappa shape index (κ1) is 22.9. The van der Waals surface area contributed by atoms with Crippen LogP contribution in [0.5, 0.6) is 0 Å². The molecule has 1 saturated carbocycles. The van der Waals surface area contributed by atoms with Crippen LogP contribution in [0.2, 0.25) is 0 Å². The number of nitrogens with zero attached hydrogens (tertiary/aromatic N) is 2. The molecule has 5 heteroatoms. The number of hydrogen-bond donors (Lipinski definition) is 1. The minimum atomic E-state index is 0.0178. The minimum absolute atomic E-state index is 0.0178. The summed E-state index contributed by atoms with van der Waals surface area (Å²) < 4.78 is 0. The van der Waals surface area contributed by atoms with Crippen LogP contribution >= 0.6 is 0 Å². The van der Waals surface area contributed by atoms with Gasteiger partial charge in [-0.15, -0.1) is 0 Å². The zero-order valence-electron chi connectivity index (χ0n) is 19.4. The van der Waals surface area contributed by atoms with Gasteiger partial charge in [-0.05, 0) is 67.5 Å². The Morgan fingerprint density at radius 1 is 1.10 bits per heavy atom. The highest BCUT2D eigenvalue weighted by atomic mass is 16.2. The smallest absolute Gasteiger partial charge is 0.254 e. The van der Waals surface area contributed by atoms with E-state index in [1.165, 1.54) is 12.8 Å². The van der Waals surface area contributed by atoms with Crippen molar-refractivity contribution in [2.75, 3.05) is 30.9 Å². The molecule has 2 amide bonds. The van der Waals surface area contributed by atoms with Gasteiger partial charge in [0, 0.05) is 50.5 Å². The molecule has 0 unspecified atom stereocenters. The van der Waals surface area contributed by atoms with E-state index in [-0.39, 0.29) is 11.8 Å². The average molecular weight is 422 g/mol. The topological polar surface area (TPSA) is 52.7 Å². The Kier molecular flexibility index (Phi) is 7.37. The van der Waals surface area contributed by atoms with Crippen LogP contribution in [0.4, 0.5) is 11.4 Å². The van der Waals surface area contributed by atoms with E-state index in [0.717, 1.165) is 34.6 Å². The maximum absolute atomic E-state index is 13.4. The summed E-state index contributed by atoms with van der Waals surface area (Å²) in [5.41, 5.74) is 4.68. The van der Waals surface area contributed by atoms with Crippen LogP contribution in [0, 0.1) is 18.8 Å². The molecular formula is C26H35N3O2. The summed E-state index contributed by atoms with van der Waals surface area (Å²) in [6.45, 7) is 7.36. The van der Waals surface area contributed by atoms with Crippen molar-refractivity contribution in [3.63, 3.8) is 0 Å². The Labute approximate surface area is 186 Å². The molecule has 1 N–H and O–H groups in total. The molecule has 2 aromatic carbocycles. The molecule has 166 valence electrons. The highest BCUT2D eigenvalue weighted by Gasteiger charge is 2.28. The molecule has 0 aliphatic heterocycles. The molecule has 0 bridgehead atoms. The number of amides is 2.